The van der Waals surface area contributed by atoms with E-state index in [2.05, 4.69) is 25.8 Å². The molecule has 1 saturated carbocycles. The Labute approximate surface area is 199 Å². The number of hydrogen-bond acceptors (Lipinski definition) is 8. The number of hydrogen-bond donors (Lipinski definition) is 4. The van der Waals surface area contributed by atoms with E-state index < -0.39 is 33.7 Å². The molecular formula is C21H22N6O5S2. The first-order valence-corrected chi connectivity index (χ1v) is 13.0. The first-order chi connectivity index (χ1) is 16.3. The van der Waals surface area contributed by atoms with Gasteiger partial charge in [0.25, 0.3) is 15.9 Å². The number of nitrogens with one attached hydrogen (secondary N) is 4. The Hall–Kier alpha value is -3.29. The van der Waals surface area contributed by atoms with Crippen molar-refractivity contribution >= 4 is 61.3 Å². The molecule has 3 amide bonds. The summed E-state index contributed by atoms with van der Waals surface area (Å²) in [6, 6.07) is 6.12. The highest BCUT2D eigenvalue weighted by molar-refractivity contribution is 7.91. The molecule has 3 heterocycles. The minimum absolute atomic E-state index is 0.0603. The number of sulfonamides is 1. The summed E-state index contributed by atoms with van der Waals surface area (Å²) >= 11 is 1.02. The van der Waals surface area contributed by atoms with Crippen molar-refractivity contribution < 1.29 is 22.8 Å². The van der Waals surface area contributed by atoms with E-state index in [-0.39, 0.29) is 21.4 Å². The monoisotopic (exact) mass is 502 g/mol. The van der Waals surface area contributed by atoms with Crippen LogP contribution in [0.15, 0.2) is 38.9 Å². The molecule has 2 aromatic rings. The number of carbonyl (C=O) groups excluding carboxylic acids is 3. The predicted molar refractivity (Wildman–Crippen MR) is 128 cm³/mol. The number of hydrazine groups is 1. The second-order valence-electron chi connectivity index (χ2n) is 8.24. The fourth-order valence-corrected chi connectivity index (χ4v) is 6.62. The maximum atomic E-state index is 13.5. The Morgan fingerprint density at radius 1 is 1.26 bits per heavy atom. The highest BCUT2D eigenvalue weighted by Gasteiger charge is 2.46. The number of Topliss-reactive ketones (excluding diaryl/α,β-unsaturated/α-hetero) is 1. The molecule has 0 radical (unpaired) electrons. The van der Waals surface area contributed by atoms with Gasteiger partial charge < -0.3 is 16.0 Å². The molecule has 0 bridgehead atoms. The van der Waals surface area contributed by atoms with Crippen LogP contribution in [0.1, 0.15) is 29.6 Å². The van der Waals surface area contributed by atoms with Gasteiger partial charge >= 0.3 is 6.03 Å². The zero-order chi connectivity index (χ0) is 24.0. The molecule has 3 aliphatic rings. The molecule has 11 nitrogen and oxygen atoms in total. The Kier molecular flexibility index (Phi) is 5.62. The quantitative estimate of drug-likeness (QED) is 0.458. The van der Waals surface area contributed by atoms with Crippen LogP contribution in [0.2, 0.25) is 0 Å². The van der Waals surface area contributed by atoms with Crippen LogP contribution in [0.5, 0.6) is 0 Å². The van der Waals surface area contributed by atoms with Gasteiger partial charge in [0.2, 0.25) is 0 Å². The van der Waals surface area contributed by atoms with Crippen molar-refractivity contribution in [3.8, 4) is 0 Å². The SMILES string of the molecule is CNC(=O)Nc1csc2c1S(=O)(=O)N=C(C1C(=O)c3ccccc3N(NCC3CCC3)C1=O)N2. The summed E-state index contributed by atoms with van der Waals surface area (Å²) in [7, 11) is -2.89. The standard InChI is InChI=1S/C21H22N6O5S2/c1-22-21(30)24-13-10-33-19-17(13)34(31,32)26-18(25-19)15-16(28)12-7-2-3-8-14(12)27(20(15)29)23-9-11-5-4-6-11/h2-3,7-8,10-11,15,23H,4-6,9H2,1H3,(H,25,26)(H2,22,24,30). The fraction of sp³-hybridized carbons (Fsp3) is 0.333. The molecule has 1 atom stereocenters. The van der Waals surface area contributed by atoms with Gasteiger partial charge in [-0.25, -0.2) is 15.2 Å². The van der Waals surface area contributed by atoms with E-state index in [9.17, 15) is 22.8 Å². The van der Waals surface area contributed by atoms with Crippen molar-refractivity contribution in [2.75, 3.05) is 29.2 Å². The molecule has 1 aromatic heterocycles. The number of amides is 3. The van der Waals surface area contributed by atoms with E-state index >= 15 is 0 Å². The van der Waals surface area contributed by atoms with Gasteiger partial charge in [0.05, 0.1) is 11.4 Å². The topological polar surface area (TPSA) is 149 Å². The Morgan fingerprint density at radius 2 is 2.03 bits per heavy atom. The number of nitrogens with zero attached hydrogens (tertiary/aromatic N) is 2. The number of urea groups is 1. The van der Waals surface area contributed by atoms with Gasteiger partial charge in [-0.15, -0.1) is 15.7 Å². The van der Waals surface area contributed by atoms with E-state index in [0.29, 0.717) is 23.7 Å². The van der Waals surface area contributed by atoms with Crippen LogP contribution in [0.25, 0.3) is 0 Å². The summed E-state index contributed by atoms with van der Waals surface area (Å²) in [5.74, 6) is -2.41. The third-order valence-corrected chi connectivity index (χ3v) is 8.52. The molecule has 0 spiro atoms. The summed E-state index contributed by atoms with van der Waals surface area (Å²) in [5, 5.41) is 10.6. The van der Waals surface area contributed by atoms with Gasteiger partial charge in [-0.3, -0.25) is 9.59 Å². The molecule has 34 heavy (non-hydrogen) atoms. The molecular weight excluding hydrogens is 480 g/mol. The van der Waals surface area contributed by atoms with Gasteiger partial charge in [-0.1, -0.05) is 18.6 Å². The molecule has 2 aliphatic heterocycles. The van der Waals surface area contributed by atoms with Crippen LogP contribution >= 0.6 is 11.3 Å². The Balaban J connectivity index is 1.50. The highest BCUT2D eigenvalue weighted by atomic mass is 32.2. The van der Waals surface area contributed by atoms with Crippen LogP contribution in [0, 0.1) is 11.8 Å². The van der Waals surface area contributed by atoms with Crippen molar-refractivity contribution in [1.29, 1.82) is 0 Å². The van der Waals surface area contributed by atoms with Crippen LogP contribution < -0.4 is 26.4 Å². The number of amidine groups is 1. The van der Waals surface area contributed by atoms with Crippen LogP contribution in [0.4, 0.5) is 21.2 Å². The van der Waals surface area contributed by atoms with Crippen LogP contribution in [-0.4, -0.2) is 45.6 Å². The maximum Gasteiger partial charge on any atom is 0.319 e. The molecule has 5 rings (SSSR count). The van der Waals surface area contributed by atoms with Crippen LogP contribution in [-0.2, 0) is 14.8 Å². The third kappa shape index (κ3) is 3.75. The predicted octanol–water partition coefficient (Wildman–Crippen LogP) is 2.16. The third-order valence-electron chi connectivity index (χ3n) is 6.12. The molecule has 1 aromatic carbocycles. The summed E-state index contributed by atoms with van der Waals surface area (Å²) in [4.78, 5) is 38.3. The number of thiophene rings is 1. The number of anilines is 3. The van der Waals surface area contributed by atoms with Gasteiger partial charge in [0.15, 0.2) is 11.7 Å². The number of rotatable bonds is 5. The largest absolute Gasteiger partial charge is 0.341 e. The first kappa shape index (κ1) is 22.5. The highest BCUT2D eigenvalue weighted by Crippen LogP contribution is 2.41. The number of fused-ring (bicyclic) bond motifs is 2. The zero-order valence-electron chi connectivity index (χ0n) is 18.1. The van der Waals surface area contributed by atoms with Gasteiger partial charge in [-0.2, -0.15) is 8.42 Å². The number of para-hydroxylation sites is 1. The molecule has 4 N–H and O–H groups in total. The lowest BCUT2D eigenvalue weighted by Gasteiger charge is -2.36. The lowest BCUT2D eigenvalue weighted by Crippen LogP contribution is -2.56. The second kappa shape index (κ2) is 8.49. The lowest BCUT2D eigenvalue weighted by molar-refractivity contribution is -0.120. The number of ketones is 1. The average molecular weight is 503 g/mol. The summed E-state index contributed by atoms with van der Waals surface area (Å²) in [6.07, 6.45) is 3.29. The van der Waals surface area contributed by atoms with Crippen molar-refractivity contribution in [3.05, 3.63) is 35.2 Å². The molecule has 0 saturated heterocycles. The molecule has 1 aliphatic carbocycles. The van der Waals surface area contributed by atoms with Crippen molar-refractivity contribution in [2.24, 2.45) is 16.2 Å². The zero-order valence-corrected chi connectivity index (χ0v) is 19.8. The normalized spacial score (nSPS) is 21.0. The van der Waals surface area contributed by atoms with Crippen molar-refractivity contribution in [2.45, 2.75) is 24.2 Å². The van der Waals surface area contributed by atoms with E-state index in [1.165, 1.54) is 17.4 Å². The van der Waals surface area contributed by atoms with Gasteiger partial charge in [0.1, 0.15) is 15.7 Å². The fourth-order valence-electron chi connectivity index (χ4n) is 4.11. The first-order valence-electron chi connectivity index (χ1n) is 10.7. The number of benzene rings is 1. The van der Waals surface area contributed by atoms with Crippen molar-refractivity contribution in [1.82, 2.24) is 10.7 Å². The van der Waals surface area contributed by atoms with Crippen LogP contribution in [0.3, 0.4) is 0 Å². The van der Waals surface area contributed by atoms with Gasteiger partial charge in [-0.05, 0) is 30.9 Å². The smallest absolute Gasteiger partial charge is 0.319 e. The Morgan fingerprint density at radius 3 is 2.74 bits per heavy atom. The molecule has 1 fully saturated rings. The van der Waals surface area contributed by atoms with Crippen molar-refractivity contribution in [3.63, 3.8) is 0 Å². The lowest BCUT2D eigenvalue weighted by atomic mass is 9.85. The average Bonchev–Trinajstić information content (AvgIpc) is 3.18. The minimum atomic E-state index is -4.29. The molecule has 178 valence electrons. The number of carbonyl (C=O) groups is 3. The molecule has 1 unspecified atom stereocenters. The summed E-state index contributed by atoms with van der Waals surface area (Å²) in [5.41, 5.74) is 3.93. The van der Waals surface area contributed by atoms with E-state index in [4.69, 9.17) is 0 Å². The van der Waals surface area contributed by atoms with E-state index in [0.717, 1.165) is 30.6 Å². The van der Waals surface area contributed by atoms with E-state index in [1.54, 1.807) is 24.3 Å². The van der Waals surface area contributed by atoms with Gasteiger partial charge in [0, 0.05) is 24.5 Å². The molecule has 13 heteroatoms. The van der Waals surface area contributed by atoms with E-state index in [1.807, 2.05) is 0 Å². The maximum absolute atomic E-state index is 13.5. The summed E-state index contributed by atoms with van der Waals surface area (Å²) < 4.78 is 29.9. The Bertz CT molecular complexity index is 1330. The summed E-state index contributed by atoms with van der Waals surface area (Å²) in [6.45, 7) is 0.572. The minimum Gasteiger partial charge on any atom is -0.341 e. The second-order valence-corrected chi connectivity index (χ2v) is 10.7.